The lowest BCUT2D eigenvalue weighted by atomic mass is 10.1. The zero-order valence-electron chi connectivity index (χ0n) is 8.87. The van der Waals surface area contributed by atoms with E-state index in [-0.39, 0.29) is 5.82 Å². The van der Waals surface area contributed by atoms with Crippen molar-refractivity contribution in [2.45, 2.75) is 0 Å². The molecule has 0 unspecified atom stereocenters. The highest BCUT2D eigenvalue weighted by Gasteiger charge is 2.07. The summed E-state index contributed by atoms with van der Waals surface area (Å²) >= 11 is 3.44. The molecule has 0 aliphatic carbocycles. The van der Waals surface area contributed by atoms with Crippen LogP contribution in [0.2, 0.25) is 0 Å². The third-order valence-electron chi connectivity index (χ3n) is 2.75. The van der Waals surface area contributed by atoms with Crippen molar-refractivity contribution in [2.24, 2.45) is 0 Å². The maximum absolute atomic E-state index is 13.3. The smallest absolute Gasteiger partial charge is 0.123 e. The maximum Gasteiger partial charge on any atom is 0.123 e. The molecule has 2 aromatic carbocycles. The molecular weight excluding hydrogens is 281 g/mol. The normalized spacial score (nSPS) is 10.9. The summed E-state index contributed by atoms with van der Waals surface area (Å²) in [6, 6.07) is 14.7. The number of para-hydroxylation sites is 1. The third-order valence-corrected chi connectivity index (χ3v) is 3.44. The Balaban J connectivity index is 2.23. The van der Waals surface area contributed by atoms with Gasteiger partial charge in [-0.25, -0.2) is 4.39 Å². The molecule has 1 aromatic heterocycles. The Hall–Kier alpha value is -1.61. The lowest BCUT2D eigenvalue weighted by Crippen LogP contribution is -1.82. The van der Waals surface area contributed by atoms with Crippen LogP contribution in [0.15, 0.2) is 53.0 Å². The number of rotatable bonds is 1. The number of nitrogens with one attached hydrogen (secondary N) is 1. The Morgan fingerprint density at radius 3 is 2.65 bits per heavy atom. The number of H-pyrrole nitrogens is 1. The first-order valence-electron chi connectivity index (χ1n) is 5.27. The maximum atomic E-state index is 13.3. The van der Waals surface area contributed by atoms with E-state index in [1.165, 1.54) is 12.1 Å². The van der Waals surface area contributed by atoms with Crippen molar-refractivity contribution in [1.82, 2.24) is 4.98 Å². The average Bonchev–Trinajstić information content (AvgIpc) is 2.75. The fraction of sp³-hybridized carbons (Fsp3) is 0. The summed E-state index contributed by atoms with van der Waals surface area (Å²) in [5.74, 6) is -0.234. The second kappa shape index (κ2) is 4.00. The van der Waals surface area contributed by atoms with E-state index >= 15 is 0 Å². The molecule has 17 heavy (non-hydrogen) atoms. The van der Waals surface area contributed by atoms with Crippen molar-refractivity contribution in [1.29, 1.82) is 0 Å². The second-order valence-electron chi connectivity index (χ2n) is 3.89. The van der Waals surface area contributed by atoms with E-state index in [0.29, 0.717) is 0 Å². The van der Waals surface area contributed by atoms with Gasteiger partial charge in [-0.1, -0.05) is 34.1 Å². The molecule has 3 aromatic rings. The van der Waals surface area contributed by atoms with Gasteiger partial charge in [-0.3, -0.25) is 0 Å². The van der Waals surface area contributed by atoms with Crippen molar-refractivity contribution < 1.29 is 4.39 Å². The molecule has 0 atom stereocenters. The summed E-state index contributed by atoms with van der Waals surface area (Å²) in [4.78, 5) is 3.28. The number of benzene rings is 2. The lowest BCUT2D eigenvalue weighted by Gasteiger charge is -2.01. The van der Waals surface area contributed by atoms with E-state index in [2.05, 4.69) is 20.9 Å². The van der Waals surface area contributed by atoms with Gasteiger partial charge in [0, 0.05) is 26.6 Å². The van der Waals surface area contributed by atoms with E-state index in [0.717, 1.165) is 26.6 Å². The molecule has 0 bridgehead atoms. The Labute approximate surface area is 106 Å². The summed E-state index contributed by atoms with van der Waals surface area (Å²) in [6.45, 7) is 0. The first kappa shape index (κ1) is 10.5. The number of fused-ring (bicyclic) bond motifs is 1. The van der Waals surface area contributed by atoms with E-state index < -0.39 is 0 Å². The van der Waals surface area contributed by atoms with Gasteiger partial charge in [-0.05, 0) is 30.3 Å². The molecule has 0 spiro atoms. The fourth-order valence-corrected chi connectivity index (χ4v) is 2.38. The molecule has 0 radical (unpaired) electrons. The molecule has 0 saturated carbocycles. The van der Waals surface area contributed by atoms with Crippen LogP contribution in [0.4, 0.5) is 4.39 Å². The molecule has 0 aliphatic heterocycles. The lowest BCUT2D eigenvalue weighted by molar-refractivity contribution is 0.628. The van der Waals surface area contributed by atoms with Gasteiger partial charge in [0.15, 0.2) is 0 Å². The molecule has 84 valence electrons. The summed E-state index contributed by atoms with van der Waals surface area (Å²) in [7, 11) is 0. The van der Waals surface area contributed by atoms with Gasteiger partial charge < -0.3 is 4.98 Å². The van der Waals surface area contributed by atoms with Crippen molar-refractivity contribution in [2.75, 3.05) is 0 Å². The van der Waals surface area contributed by atoms with E-state index in [9.17, 15) is 4.39 Å². The predicted molar refractivity (Wildman–Crippen MR) is 71.4 cm³/mol. The van der Waals surface area contributed by atoms with Crippen molar-refractivity contribution in [3.05, 3.63) is 58.8 Å². The Morgan fingerprint density at radius 1 is 1.00 bits per heavy atom. The van der Waals surface area contributed by atoms with Crippen molar-refractivity contribution >= 4 is 26.8 Å². The molecule has 0 fully saturated rings. The predicted octanol–water partition coefficient (Wildman–Crippen LogP) is 4.74. The van der Waals surface area contributed by atoms with Gasteiger partial charge in [0.25, 0.3) is 0 Å². The number of aromatic amines is 1. The summed E-state index contributed by atoms with van der Waals surface area (Å²) < 4.78 is 14.1. The molecule has 1 N–H and O–H groups in total. The molecule has 1 heterocycles. The second-order valence-corrected chi connectivity index (χ2v) is 4.75. The van der Waals surface area contributed by atoms with Gasteiger partial charge >= 0.3 is 0 Å². The van der Waals surface area contributed by atoms with Crippen LogP contribution in [-0.4, -0.2) is 4.98 Å². The van der Waals surface area contributed by atoms with Crippen LogP contribution in [0.5, 0.6) is 0 Å². The van der Waals surface area contributed by atoms with Gasteiger partial charge in [-0.2, -0.15) is 0 Å². The van der Waals surface area contributed by atoms with Crippen LogP contribution in [0.3, 0.4) is 0 Å². The van der Waals surface area contributed by atoms with Gasteiger partial charge in [-0.15, -0.1) is 0 Å². The standard InChI is InChI=1S/C14H9BrFN/c15-12-6-5-10(16)8-11(12)14-7-9-3-1-2-4-13(9)17-14/h1-8,17H. The highest BCUT2D eigenvalue weighted by atomic mass is 79.9. The number of aromatic nitrogens is 1. The summed E-state index contributed by atoms with van der Waals surface area (Å²) in [5.41, 5.74) is 2.80. The highest BCUT2D eigenvalue weighted by molar-refractivity contribution is 9.10. The fourth-order valence-electron chi connectivity index (χ4n) is 1.92. The molecule has 3 heteroatoms. The number of hydrogen-bond donors (Lipinski definition) is 1. The van der Waals surface area contributed by atoms with Crippen LogP contribution in [0, 0.1) is 5.82 Å². The topological polar surface area (TPSA) is 15.8 Å². The van der Waals surface area contributed by atoms with Crippen LogP contribution in [0.25, 0.3) is 22.2 Å². The summed E-state index contributed by atoms with van der Waals surface area (Å²) in [6.07, 6.45) is 0. The molecular formula is C14H9BrFN. The van der Waals surface area contributed by atoms with Crippen LogP contribution in [-0.2, 0) is 0 Å². The van der Waals surface area contributed by atoms with Gasteiger partial charge in [0.1, 0.15) is 5.82 Å². The SMILES string of the molecule is Fc1ccc(Br)c(-c2cc3ccccc3[nH]2)c1. The minimum absolute atomic E-state index is 0.234. The number of halogens is 2. The molecule has 0 amide bonds. The van der Waals surface area contributed by atoms with Crippen molar-refractivity contribution in [3.63, 3.8) is 0 Å². The van der Waals surface area contributed by atoms with Crippen molar-refractivity contribution in [3.8, 4) is 11.3 Å². The molecule has 0 aliphatic rings. The van der Waals surface area contributed by atoms with Crippen LogP contribution < -0.4 is 0 Å². The number of hydrogen-bond acceptors (Lipinski definition) is 0. The van der Waals surface area contributed by atoms with Crippen LogP contribution in [0.1, 0.15) is 0 Å². The van der Waals surface area contributed by atoms with Gasteiger partial charge in [0.2, 0.25) is 0 Å². The Bertz CT molecular complexity index is 655. The molecule has 3 rings (SSSR count). The minimum Gasteiger partial charge on any atom is -0.354 e. The first-order valence-corrected chi connectivity index (χ1v) is 6.06. The van der Waals surface area contributed by atoms with Gasteiger partial charge in [0.05, 0.1) is 0 Å². The van der Waals surface area contributed by atoms with Crippen LogP contribution >= 0.6 is 15.9 Å². The largest absolute Gasteiger partial charge is 0.354 e. The monoisotopic (exact) mass is 289 g/mol. The quantitative estimate of drug-likeness (QED) is 0.666. The Morgan fingerprint density at radius 2 is 1.82 bits per heavy atom. The highest BCUT2D eigenvalue weighted by Crippen LogP contribution is 2.30. The van der Waals surface area contributed by atoms with E-state index in [4.69, 9.17) is 0 Å². The average molecular weight is 290 g/mol. The summed E-state index contributed by atoms with van der Waals surface area (Å²) in [5, 5.41) is 1.12. The minimum atomic E-state index is -0.234. The first-order chi connectivity index (χ1) is 8.24. The van der Waals surface area contributed by atoms with E-state index in [1.54, 1.807) is 6.07 Å². The zero-order valence-corrected chi connectivity index (χ0v) is 10.5. The molecule has 0 saturated heterocycles. The third kappa shape index (κ3) is 1.87. The molecule has 1 nitrogen and oxygen atoms in total. The zero-order chi connectivity index (χ0) is 11.8. The Kier molecular flexibility index (Phi) is 2.48. The van der Waals surface area contributed by atoms with E-state index in [1.807, 2.05) is 30.3 Å².